The second-order valence-electron chi connectivity index (χ2n) is 4.97. The highest BCUT2D eigenvalue weighted by Gasteiger charge is 2.19. The van der Waals surface area contributed by atoms with Gasteiger partial charge < -0.3 is 20.0 Å². The standard InChI is InChI=1S/C15H19N3O2/c19-10-17-8-1-2-14(17)12-3-5-13(6-4-12)15-16-7-9-18(15)11-20/h2-6,19-20H,1,7-11H2. The third-order valence-electron chi connectivity index (χ3n) is 3.79. The lowest BCUT2D eigenvalue weighted by Crippen LogP contribution is -2.29. The molecule has 0 radical (unpaired) electrons. The van der Waals surface area contributed by atoms with Crippen LogP contribution in [0.2, 0.25) is 0 Å². The van der Waals surface area contributed by atoms with Crippen molar-refractivity contribution in [2.75, 3.05) is 33.1 Å². The first-order valence-corrected chi connectivity index (χ1v) is 6.90. The Morgan fingerprint density at radius 1 is 0.950 bits per heavy atom. The second kappa shape index (κ2) is 5.64. The third-order valence-corrected chi connectivity index (χ3v) is 3.79. The average Bonchev–Trinajstić information content (AvgIpc) is 3.15. The van der Waals surface area contributed by atoms with Crippen LogP contribution in [0.15, 0.2) is 35.3 Å². The van der Waals surface area contributed by atoms with Crippen LogP contribution in [0.25, 0.3) is 5.70 Å². The van der Waals surface area contributed by atoms with Gasteiger partial charge in [0.05, 0.1) is 6.54 Å². The van der Waals surface area contributed by atoms with Crippen LogP contribution in [0, 0.1) is 0 Å². The number of hydrogen-bond acceptors (Lipinski definition) is 5. The fourth-order valence-electron chi connectivity index (χ4n) is 2.74. The second-order valence-corrected chi connectivity index (χ2v) is 4.97. The van der Waals surface area contributed by atoms with Crippen LogP contribution >= 0.6 is 0 Å². The average molecular weight is 273 g/mol. The Morgan fingerprint density at radius 2 is 1.65 bits per heavy atom. The van der Waals surface area contributed by atoms with E-state index in [-0.39, 0.29) is 13.5 Å². The molecule has 3 rings (SSSR count). The van der Waals surface area contributed by atoms with Gasteiger partial charge in [0.15, 0.2) is 0 Å². The summed E-state index contributed by atoms with van der Waals surface area (Å²) in [6, 6.07) is 8.14. The Kier molecular flexibility index (Phi) is 3.71. The van der Waals surface area contributed by atoms with Gasteiger partial charge in [0.2, 0.25) is 0 Å². The van der Waals surface area contributed by atoms with E-state index in [0.29, 0.717) is 0 Å². The summed E-state index contributed by atoms with van der Waals surface area (Å²) in [4.78, 5) is 8.26. The van der Waals surface area contributed by atoms with Crippen molar-refractivity contribution in [2.45, 2.75) is 6.42 Å². The zero-order valence-electron chi connectivity index (χ0n) is 11.4. The van der Waals surface area contributed by atoms with E-state index in [4.69, 9.17) is 0 Å². The van der Waals surface area contributed by atoms with E-state index in [2.05, 4.69) is 11.1 Å². The van der Waals surface area contributed by atoms with E-state index in [1.165, 1.54) is 0 Å². The quantitative estimate of drug-likeness (QED) is 0.847. The molecule has 1 aromatic rings. The largest absolute Gasteiger partial charge is 0.376 e. The highest BCUT2D eigenvalue weighted by molar-refractivity contribution is 5.99. The Balaban J connectivity index is 1.82. The van der Waals surface area contributed by atoms with Gasteiger partial charge in [-0.05, 0) is 12.0 Å². The van der Waals surface area contributed by atoms with Crippen LogP contribution in [-0.2, 0) is 0 Å². The maximum Gasteiger partial charge on any atom is 0.132 e. The molecule has 0 atom stereocenters. The van der Waals surface area contributed by atoms with Crippen molar-refractivity contribution in [3.8, 4) is 0 Å². The molecule has 0 fully saturated rings. The topological polar surface area (TPSA) is 59.3 Å². The van der Waals surface area contributed by atoms with Gasteiger partial charge in [0.25, 0.3) is 0 Å². The molecule has 0 unspecified atom stereocenters. The lowest BCUT2D eigenvalue weighted by atomic mass is 10.1. The number of aliphatic imine (C=N–C) groups is 1. The predicted octanol–water partition coefficient (Wildman–Crippen LogP) is 0.695. The molecular formula is C15H19N3O2. The molecule has 0 spiro atoms. The van der Waals surface area contributed by atoms with Crippen LogP contribution in [0.5, 0.6) is 0 Å². The van der Waals surface area contributed by atoms with Crippen molar-refractivity contribution in [1.82, 2.24) is 9.80 Å². The predicted molar refractivity (Wildman–Crippen MR) is 78.0 cm³/mol. The third kappa shape index (κ3) is 2.30. The van der Waals surface area contributed by atoms with E-state index in [1.54, 1.807) is 0 Å². The normalized spacial score (nSPS) is 18.5. The van der Waals surface area contributed by atoms with Crippen LogP contribution < -0.4 is 0 Å². The molecule has 20 heavy (non-hydrogen) atoms. The number of amidine groups is 1. The molecule has 0 saturated carbocycles. The molecule has 2 aliphatic rings. The summed E-state index contributed by atoms with van der Waals surface area (Å²) in [5.74, 6) is 0.860. The van der Waals surface area contributed by atoms with E-state index >= 15 is 0 Å². The first-order valence-electron chi connectivity index (χ1n) is 6.90. The van der Waals surface area contributed by atoms with Crippen LogP contribution in [-0.4, -0.2) is 58.9 Å². The van der Waals surface area contributed by atoms with Gasteiger partial charge in [-0.25, -0.2) is 0 Å². The zero-order valence-corrected chi connectivity index (χ0v) is 11.4. The van der Waals surface area contributed by atoms with Crippen molar-refractivity contribution in [3.63, 3.8) is 0 Å². The fourth-order valence-corrected chi connectivity index (χ4v) is 2.74. The molecular weight excluding hydrogens is 254 g/mol. The molecule has 2 aliphatic heterocycles. The van der Waals surface area contributed by atoms with E-state index in [1.807, 2.05) is 34.1 Å². The summed E-state index contributed by atoms with van der Waals surface area (Å²) in [5.41, 5.74) is 3.22. The first-order chi connectivity index (χ1) is 9.83. The first kappa shape index (κ1) is 13.1. The van der Waals surface area contributed by atoms with Gasteiger partial charge in [0.1, 0.15) is 19.3 Å². The summed E-state index contributed by atoms with van der Waals surface area (Å²) in [6.07, 6.45) is 3.13. The van der Waals surface area contributed by atoms with Gasteiger partial charge in [-0.15, -0.1) is 0 Å². The molecule has 0 aromatic heterocycles. The Labute approximate surface area is 118 Å². The Morgan fingerprint density at radius 3 is 2.35 bits per heavy atom. The van der Waals surface area contributed by atoms with E-state index in [0.717, 1.165) is 48.7 Å². The van der Waals surface area contributed by atoms with Crippen LogP contribution in [0.4, 0.5) is 0 Å². The summed E-state index contributed by atoms with van der Waals surface area (Å²) < 4.78 is 0. The van der Waals surface area contributed by atoms with E-state index in [9.17, 15) is 10.2 Å². The number of nitrogens with zero attached hydrogens (tertiary/aromatic N) is 3. The van der Waals surface area contributed by atoms with Crippen molar-refractivity contribution < 1.29 is 10.2 Å². The Bertz CT molecular complexity index is 488. The number of hydrogen-bond donors (Lipinski definition) is 2. The summed E-state index contributed by atoms with van der Waals surface area (Å²) in [7, 11) is 0. The molecule has 106 valence electrons. The Hall–Kier alpha value is -1.85. The highest BCUT2D eigenvalue weighted by Crippen LogP contribution is 2.25. The lowest BCUT2D eigenvalue weighted by Gasteiger charge is -2.20. The maximum atomic E-state index is 9.32. The van der Waals surface area contributed by atoms with Crippen LogP contribution in [0.1, 0.15) is 17.5 Å². The van der Waals surface area contributed by atoms with Crippen molar-refractivity contribution >= 4 is 11.5 Å². The lowest BCUT2D eigenvalue weighted by molar-refractivity contribution is 0.169. The van der Waals surface area contributed by atoms with Crippen molar-refractivity contribution in [2.24, 2.45) is 4.99 Å². The fraction of sp³-hybridized carbons (Fsp3) is 0.400. The monoisotopic (exact) mass is 273 g/mol. The molecule has 1 aromatic carbocycles. The van der Waals surface area contributed by atoms with E-state index < -0.39 is 0 Å². The van der Waals surface area contributed by atoms with Crippen molar-refractivity contribution in [3.05, 3.63) is 41.5 Å². The van der Waals surface area contributed by atoms with Gasteiger partial charge >= 0.3 is 0 Å². The number of aliphatic hydroxyl groups excluding tert-OH is 2. The molecule has 5 nitrogen and oxygen atoms in total. The molecule has 0 saturated heterocycles. The smallest absolute Gasteiger partial charge is 0.132 e. The minimum Gasteiger partial charge on any atom is -0.376 e. The van der Waals surface area contributed by atoms with Crippen molar-refractivity contribution in [1.29, 1.82) is 0 Å². The minimum absolute atomic E-state index is 0.00400. The number of aliphatic hydroxyl groups is 2. The maximum absolute atomic E-state index is 9.32. The number of benzene rings is 1. The summed E-state index contributed by atoms with van der Waals surface area (Å²) in [5, 5.41) is 18.6. The van der Waals surface area contributed by atoms with Gasteiger partial charge in [-0.2, -0.15) is 0 Å². The van der Waals surface area contributed by atoms with Gasteiger partial charge in [-0.3, -0.25) is 4.99 Å². The molecule has 5 heteroatoms. The minimum atomic E-state index is 0.00400. The SMILES string of the molecule is OCN1CCC=C1c1ccc(C2=NCCN2CO)cc1. The summed E-state index contributed by atoms with van der Waals surface area (Å²) in [6.45, 7) is 2.44. The van der Waals surface area contributed by atoms with Gasteiger partial charge in [-0.1, -0.05) is 30.3 Å². The molecule has 0 amide bonds. The summed E-state index contributed by atoms with van der Waals surface area (Å²) >= 11 is 0. The number of rotatable bonds is 4. The molecule has 2 heterocycles. The highest BCUT2D eigenvalue weighted by atomic mass is 16.3. The zero-order chi connectivity index (χ0) is 13.9. The van der Waals surface area contributed by atoms with Gasteiger partial charge in [0, 0.05) is 24.4 Å². The van der Waals surface area contributed by atoms with Crippen LogP contribution in [0.3, 0.4) is 0 Å². The molecule has 2 N–H and O–H groups in total. The molecule has 0 aliphatic carbocycles. The molecule has 0 bridgehead atoms.